The Morgan fingerprint density at radius 1 is 0.809 bits per heavy atom. The number of nitrogens with zero attached hydrogens (tertiary/aromatic N) is 2. The van der Waals surface area contributed by atoms with E-state index in [0.29, 0.717) is 12.1 Å². The van der Waals surface area contributed by atoms with E-state index in [0.717, 1.165) is 47.2 Å². The number of carbonyl (C=O) groups excluding carboxylic acids is 1. The van der Waals surface area contributed by atoms with Crippen molar-refractivity contribution in [2.75, 3.05) is 26.2 Å². The molecular weight excluding hydrogens is 649 g/mol. The highest BCUT2D eigenvalue weighted by Crippen LogP contribution is 2.29. The Labute approximate surface area is 265 Å². The molecule has 0 unspecified atom stereocenters. The van der Waals surface area contributed by atoms with Crippen molar-refractivity contribution in [1.29, 1.82) is 0 Å². The summed E-state index contributed by atoms with van der Waals surface area (Å²) in [6, 6.07) is 20.4. The van der Waals surface area contributed by atoms with E-state index in [1.165, 1.54) is 30.3 Å². The van der Waals surface area contributed by atoms with Gasteiger partial charge in [-0.3, -0.25) is 9.69 Å². The number of hydrogen-bond donors (Lipinski definition) is 5. The Morgan fingerprint density at radius 2 is 1.34 bits per heavy atom. The van der Waals surface area contributed by atoms with Crippen LogP contribution in [0.1, 0.15) is 36.8 Å². The van der Waals surface area contributed by atoms with Gasteiger partial charge in [0.05, 0.1) is 21.5 Å². The number of fused-ring (bicyclic) bond motifs is 1. The summed E-state index contributed by atoms with van der Waals surface area (Å²) in [5.74, 6) is -5.78. The number of carbonyl (C=O) groups is 4. The van der Waals surface area contributed by atoms with E-state index in [1.54, 1.807) is 30.3 Å². The first-order valence-electron chi connectivity index (χ1n) is 13.6. The van der Waals surface area contributed by atoms with Gasteiger partial charge in [0.1, 0.15) is 5.69 Å². The molecule has 250 valence electrons. The van der Waals surface area contributed by atoms with Gasteiger partial charge < -0.3 is 26.4 Å². The van der Waals surface area contributed by atoms with Crippen molar-refractivity contribution in [2.45, 2.75) is 17.6 Å². The van der Waals surface area contributed by atoms with Crippen LogP contribution in [0.25, 0.3) is 10.9 Å². The standard InChI is InChI=1S/C20H22N4O3S.C8H6O4.C2HF3O2/c21-20(25)19-13-17-15(14-23-11-9-22-10-12-23)5-4-8-18(17)24(19)28(26,27)16-6-2-1-3-7-16;9-7(10)5-2-1-3-6(4-5)8(11)12;3-2(4,5)1(6)7/h1-8,13,22H,9-12,14H2,(H2,21,25);1-4H,(H,9,10)(H,11,12);(H,6,7). The lowest BCUT2D eigenvalue weighted by Crippen LogP contribution is -2.42. The maximum Gasteiger partial charge on any atom is 0.490 e. The molecule has 0 radical (unpaired) electrons. The molecular formula is C30H29F3N4O9S. The first kappa shape index (κ1) is 36.2. The minimum atomic E-state index is -5.08. The number of amides is 1. The van der Waals surface area contributed by atoms with Crippen LogP contribution in [0.4, 0.5) is 13.2 Å². The number of nitrogens with two attached hydrogens (primary N) is 1. The van der Waals surface area contributed by atoms with Crippen LogP contribution in [-0.2, 0) is 21.4 Å². The SMILES string of the molecule is NC(=O)c1cc2c(CN3CCNCC3)cccc2n1S(=O)(=O)c1ccccc1.O=C(O)C(F)(F)F.O=C(O)c1cccc(C(=O)O)c1. The van der Waals surface area contributed by atoms with E-state index in [2.05, 4.69) is 10.2 Å². The highest BCUT2D eigenvalue weighted by molar-refractivity contribution is 7.90. The number of hydrogen-bond acceptors (Lipinski definition) is 8. The van der Waals surface area contributed by atoms with E-state index in [9.17, 15) is 36.0 Å². The summed E-state index contributed by atoms with van der Waals surface area (Å²) in [6.45, 7) is 4.37. The molecule has 17 heteroatoms. The van der Waals surface area contributed by atoms with Crippen molar-refractivity contribution < 1.29 is 56.1 Å². The van der Waals surface area contributed by atoms with E-state index >= 15 is 0 Å². The minimum Gasteiger partial charge on any atom is -0.478 e. The van der Waals surface area contributed by atoms with Crippen molar-refractivity contribution in [3.05, 3.63) is 101 Å². The lowest BCUT2D eigenvalue weighted by Gasteiger charge is -2.27. The monoisotopic (exact) mass is 678 g/mol. The molecule has 1 saturated heterocycles. The predicted octanol–water partition coefficient (Wildman–Crippen LogP) is 3.10. The van der Waals surface area contributed by atoms with Gasteiger partial charge >= 0.3 is 24.1 Å². The van der Waals surface area contributed by atoms with Gasteiger partial charge in [0, 0.05) is 38.1 Å². The molecule has 0 atom stereocenters. The first-order chi connectivity index (χ1) is 22.0. The Morgan fingerprint density at radius 3 is 1.83 bits per heavy atom. The zero-order valence-electron chi connectivity index (χ0n) is 24.3. The molecule has 0 bridgehead atoms. The number of nitrogens with one attached hydrogen (secondary N) is 1. The topological polar surface area (TPSA) is 209 Å². The molecule has 1 aliphatic rings. The smallest absolute Gasteiger partial charge is 0.478 e. The highest BCUT2D eigenvalue weighted by atomic mass is 32.2. The maximum absolute atomic E-state index is 13.3. The third kappa shape index (κ3) is 9.38. The van der Waals surface area contributed by atoms with Gasteiger partial charge in [-0.2, -0.15) is 13.2 Å². The number of primary amides is 1. The predicted molar refractivity (Wildman–Crippen MR) is 162 cm³/mol. The average Bonchev–Trinajstić information content (AvgIpc) is 3.44. The van der Waals surface area contributed by atoms with Crippen LogP contribution in [0, 0.1) is 0 Å². The molecule has 3 aromatic carbocycles. The molecule has 0 aliphatic carbocycles. The molecule has 1 aliphatic heterocycles. The molecule has 1 amide bonds. The normalized spacial score (nSPS) is 13.4. The summed E-state index contributed by atoms with van der Waals surface area (Å²) in [5, 5.41) is 28.2. The fourth-order valence-corrected chi connectivity index (χ4v) is 5.96. The summed E-state index contributed by atoms with van der Waals surface area (Å²) in [4.78, 5) is 44.2. The van der Waals surface area contributed by atoms with Crippen molar-refractivity contribution in [3.63, 3.8) is 0 Å². The Hall–Kier alpha value is -5.26. The molecule has 0 saturated carbocycles. The fraction of sp³-hybridized carbons (Fsp3) is 0.200. The maximum atomic E-state index is 13.3. The van der Waals surface area contributed by atoms with Crippen LogP contribution >= 0.6 is 0 Å². The zero-order chi connectivity index (χ0) is 34.9. The Bertz CT molecular complexity index is 1840. The van der Waals surface area contributed by atoms with E-state index in [4.69, 9.17) is 25.8 Å². The number of halogens is 3. The Kier molecular flexibility index (Phi) is 11.8. The number of carboxylic acid groups (broad SMARTS) is 3. The minimum absolute atomic E-state index is 0.0186. The van der Waals surface area contributed by atoms with Crippen molar-refractivity contribution in [1.82, 2.24) is 14.2 Å². The number of aromatic nitrogens is 1. The van der Waals surface area contributed by atoms with Gasteiger partial charge in [-0.1, -0.05) is 36.4 Å². The first-order valence-corrected chi connectivity index (χ1v) is 15.0. The summed E-state index contributed by atoms with van der Waals surface area (Å²) in [6.07, 6.45) is -5.08. The third-order valence-electron chi connectivity index (χ3n) is 6.63. The van der Waals surface area contributed by atoms with E-state index in [-0.39, 0.29) is 21.7 Å². The van der Waals surface area contributed by atoms with Crippen molar-refractivity contribution in [3.8, 4) is 0 Å². The lowest BCUT2D eigenvalue weighted by atomic mass is 10.1. The van der Waals surface area contributed by atoms with Gasteiger partial charge in [-0.15, -0.1) is 0 Å². The number of piperazine rings is 1. The summed E-state index contributed by atoms with van der Waals surface area (Å²) in [5.41, 5.74) is 6.91. The number of aromatic carboxylic acids is 2. The summed E-state index contributed by atoms with van der Waals surface area (Å²) >= 11 is 0. The lowest BCUT2D eigenvalue weighted by molar-refractivity contribution is -0.192. The van der Waals surface area contributed by atoms with Gasteiger partial charge in [-0.05, 0) is 48.0 Å². The van der Waals surface area contributed by atoms with Crippen molar-refractivity contribution >= 4 is 44.7 Å². The third-order valence-corrected chi connectivity index (χ3v) is 8.37. The van der Waals surface area contributed by atoms with E-state index in [1.807, 2.05) is 12.1 Å². The van der Waals surface area contributed by atoms with Crippen LogP contribution in [0.15, 0.2) is 83.8 Å². The fourth-order valence-electron chi connectivity index (χ4n) is 4.43. The van der Waals surface area contributed by atoms with Gasteiger partial charge in [0.2, 0.25) is 0 Å². The molecule has 1 aromatic heterocycles. The Balaban J connectivity index is 0.000000260. The average molecular weight is 679 g/mol. The number of carboxylic acids is 3. The molecule has 2 heterocycles. The second-order valence-electron chi connectivity index (χ2n) is 9.85. The van der Waals surface area contributed by atoms with Crippen LogP contribution in [0.3, 0.4) is 0 Å². The quantitative estimate of drug-likeness (QED) is 0.192. The van der Waals surface area contributed by atoms with Crippen LogP contribution in [-0.4, -0.2) is 88.8 Å². The number of benzene rings is 3. The van der Waals surface area contributed by atoms with Gasteiger partial charge in [0.25, 0.3) is 15.9 Å². The van der Waals surface area contributed by atoms with E-state index < -0.39 is 40.0 Å². The van der Waals surface area contributed by atoms with Crippen LogP contribution < -0.4 is 11.1 Å². The zero-order valence-corrected chi connectivity index (χ0v) is 25.2. The summed E-state index contributed by atoms with van der Waals surface area (Å²) in [7, 11) is -3.96. The number of alkyl halides is 3. The van der Waals surface area contributed by atoms with Crippen LogP contribution in [0.2, 0.25) is 0 Å². The highest BCUT2D eigenvalue weighted by Gasteiger charge is 2.38. The van der Waals surface area contributed by atoms with Gasteiger partial charge in [0.15, 0.2) is 0 Å². The van der Waals surface area contributed by atoms with Crippen LogP contribution in [0.5, 0.6) is 0 Å². The largest absolute Gasteiger partial charge is 0.490 e. The second kappa shape index (κ2) is 15.4. The molecule has 4 aromatic rings. The molecule has 13 nitrogen and oxygen atoms in total. The molecule has 5 rings (SSSR count). The summed E-state index contributed by atoms with van der Waals surface area (Å²) < 4.78 is 59.4. The molecule has 1 fully saturated rings. The molecule has 6 N–H and O–H groups in total. The second-order valence-corrected chi connectivity index (χ2v) is 11.6. The van der Waals surface area contributed by atoms with Crippen molar-refractivity contribution in [2.24, 2.45) is 5.73 Å². The molecule has 47 heavy (non-hydrogen) atoms. The number of aliphatic carboxylic acids is 1. The molecule has 0 spiro atoms. The van der Waals surface area contributed by atoms with Gasteiger partial charge in [-0.25, -0.2) is 26.8 Å². The number of rotatable bonds is 7.